The van der Waals surface area contributed by atoms with E-state index in [4.69, 9.17) is 9.47 Å². The van der Waals surface area contributed by atoms with Gasteiger partial charge in [0.1, 0.15) is 5.25 Å². The molecule has 0 bridgehead atoms. The van der Waals surface area contributed by atoms with Crippen LogP contribution in [-0.4, -0.2) is 18.6 Å². The predicted octanol–water partition coefficient (Wildman–Crippen LogP) is 4.85. The summed E-state index contributed by atoms with van der Waals surface area (Å²) in [6.07, 6.45) is 0. The van der Waals surface area contributed by atoms with E-state index in [1.807, 2.05) is 54.6 Å². The van der Waals surface area contributed by atoms with Crippen LogP contribution in [0.2, 0.25) is 0 Å². The van der Waals surface area contributed by atoms with E-state index in [2.05, 4.69) is 10.6 Å². The van der Waals surface area contributed by atoms with Crippen molar-refractivity contribution < 1.29 is 19.1 Å². The molecule has 4 rings (SSSR count). The average Bonchev–Trinajstić information content (AvgIpc) is 3.21. The van der Waals surface area contributed by atoms with Crippen LogP contribution < -0.4 is 20.1 Å². The second-order valence-corrected chi connectivity index (χ2v) is 7.85. The maximum atomic E-state index is 13.2. The smallest absolute Gasteiger partial charge is 0.242 e. The summed E-state index contributed by atoms with van der Waals surface area (Å²) in [6.45, 7) is 1.65. The summed E-state index contributed by atoms with van der Waals surface area (Å²) in [5.41, 5.74) is 2.26. The summed E-state index contributed by atoms with van der Waals surface area (Å²) < 4.78 is 10.7. The highest BCUT2D eigenvalue weighted by Gasteiger charge is 2.23. The molecule has 0 fully saturated rings. The molecular weight excluding hydrogens is 400 g/mol. The van der Waals surface area contributed by atoms with Crippen molar-refractivity contribution in [2.75, 3.05) is 17.4 Å². The molecule has 7 heteroatoms. The molecule has 0 saturated carbocycles. The topological polar surface area (TPSA) is 76.7 Å². The van der Waals surface area contributed by atoms with Crippen molar-refractivity contribution in [3.63, 3.8) is 0 Å². The van der Waals surface area contributed by atoms with E-state index in [0.717, 1.165) is 10.5 Å². The first-order valence-corrected chi connectivity index (χ1v) is 10.3. The van der Waals surface area contributed by atoms with Crippen LogP contribution in [-0.2, 0) is 9.59 Å². The highest BCUT2D eigenvalue weighted by Crippen LogP contribution is 2.38. The van der Waals surface area contributed by atoms with Crippen molar-refractivity contribution >= 4 is 35.0 Å². The highest BCUT2D eigenvalue weighted by atomic mass is 32.2. The fourth-order valence-corrected chi connectivity index (χ4v) is 4.06. The molecule has 30 heavy (non-hydrogen) atoms. The zero-order chi connectivity index (χ0) is 20.9. The van der Waals surface area contributed by atoms with Gasteiger partial charge in [0.05, 0.1) is 0 Å². The lowest BCUT2D eigenvalue weighted by Gasteiger charge is -2.17. The third-order valence-electron chi connectivity index (χ3n) is 4.41. The van der Waals surface area contributed by atoms with Gasteiger partial charge in [0.15, 0.2) is 11.5 Å². The number of anilines is 2. The van der Waals surface area contributed by atoms with Gasteiger partial charge >= 0.3 is 0 Å². The zero-order valence-electron chi connectivity index (χ0n) is 16.3. The Hall–Kier alpha value is -3.45. The Balaban J connectivity index is 1.54. The van der Waals surface area contributed by atoms with Gasteiger partial charge in [-0.25, -0.2) is 0 Å². The summed E-state index contributed by atoms with van der Waals surface area (Å²) >= 11 is 1.44. The van der Waals surface area contributed by atoms with E-state index >= 15 is 0 Å². The maximum Gasteiger partial charge on any atom is 0.242 e. The highest BCUT2D eigenvalue weighted by molar-refractivity contribution is 8.00. The van der Waals surface area contributed by atoms with Crippen LogP contribution in [0.25, 0.3) is 0 Å². The number of amides is 2. The minimum absolute atomic E-state index is 0.124. The number of ether oxygens (including phenoxy) is 2. The number of hydrogen-bond acceptors (Lipinski definition) is 5. The number of carbonyl (C=O) groups is 2. The molecule has 0 aliphatic carbocycles. The van der Waals surface area contributed by atoms with Crippen molar-refractivity contribution in [3.8, 4) is 11.5 Å². The van der Waals surface area contributed by atoms with Crippen LogP contribution >= 0.6 is 11.8 Å². The van der Waals surface area contributed by atoms with Crippen LogP contribution in [0.5, 0.6) is 11.5 Å². The number of thioether (sulfide) groups is 1. The Morgan fingerprint density at radius 2 is 1.57 bits per heavy atom. The second kappa shape index (κ2) is 8.92. The predicted molar refractivity (Wildman–Crippen MR) is 117 cm³/mol. The number of nitrogens with one attached hydrogen (secondary N) is 2. The zero-order valence-corrected chi connectivity index (χ0v) is 17.1. The molecule has 3 aromatic rings. The lowest BCUT2D eigenvalue weighted by Crippen LogP contribution is -2.19. The number of fused-ring (bicyclic) bond motifs is 1. The lowest BCUT2D eigenvalue weighted by molar-refractivity contribution is -0.116. The summed E-state index contributed by atoms with van der Waals surface area (Å²) in [6, 6.07) is 22.4. The Morgan fingerprint density at radius 1 is 0.867 bits per heavy atom. The number of carbonyl (C=O) groups excluding carboxylic acids is 2. The van der Waals surface area contributed by atoms with Gasteiger partial charge < -0.3 is 20.1 Å². The largest absolute Gasteiger partial charge is 0.454 e. The molecule has 1 aliphatic rings. The summed E-state index contributed by atoms with van der Waals surface area (Å²) in [7, 11) is 0. The van der Waals surface area contributed by atoms with E-state index in [1.165, 1.54) is 18.7 Å². The fourth-order valence-electron chi connectivity index (χ4n) is 3.04. The van der Waals surface area contributed by atoms with Crippen molar-refractivity contribution in [3.05, 3.63) is 78.4 Å². The third-order valence-corrected chi connectivity index (χ3v) is 5.68. The SMILES string of the molecule is CC(=O)Nc1ccc(SC(C(=O)Nc2ccc3c(c2)OCO3)c2ccccc2)cc1. The number of benzene rings is 3. The Labute approximate surface area is 178 Å². The molecule has 0 spiro atoms. The van der Waals surface area contributed by atoms with Gasteiger partial charge in [-0.3, -0.25) is 9.59 Å². The van der Waals surface area contributed by atoms with Crippen LogP contribution in [0.1, 0.15) is 17.7 Å². The van der Waals surface area contributed by atoms with E-state index < -0.39 is 5.25 Å². The van der Waals surface area contributed by atoms with Gasteiger partial charge in [0, 0.05) is 29.3 Å². The fraction of sp³-hybridized carbons (Fsp3) is 0.130. The molecule has 1 atom stereocenters. The van der Waals surface area contributed by atoms with Gasteiger partial charge in [-0.15, -0.1) is 11.8 Å². The molecular formula is C23H20N2O4S. The van der Waals surface area contributed by atoms with Gasteiger partial charge in [0.2, 0.25) is 18.6 Å². The molecule has 1 heterocycles. The van der Waals surface area contributed by atoms with E-state index in [0.29, 0.717) is 22.9 Å². The third kappa shape index (κ3) is 4.75. The van der Waals surface area contributed by atoms with E-state index in [1.54, 1.807) is 18.2 Å². The van der Waals surface area contributed by atoms with Crippen molar-refractivity contribution in [1.82, 2.24) is 0 Å². The molecule has 1 aliphatic heterocycles. The first kappa shape index (κ1) is 19.8. The molecule has 0 radical (unpaired) electrons. The Bertz CT molecular complexity index is 1050. The molecule has 6 nitrogen and oxygen atoms in total. The molecule has 0 aromatic heterocycles. The normalized spacial score (nSPS) is 12.8. The van der Waals surface area contributed by atoms with Gasteiger partial charge in [0.25, 0.3) is 0 Å². The maximum absolute atomic E-state index is 13.2. The van der Waals surface area contributed by atoms with E-state index in [9.17, 15) is 9.59 Å². The standard InChI is InChI=1S/C23H20N2O4S/c1-15(26)24-17-7-10-19(11-8-17)30-22(16-5-3-2-4-6-16)23(27)25-18-9-12-20-21(13-18)29-14-28-20/h2-13,22H,14H2,1H3,(H,24,26)(H,25,27). The van der Waals surface area contributed by atoms with Crippen LogP contribution in [0.3, 0.4) is 0 Å². The summed E-state index contributed by atoms with van der Waals surface area (Å²) in [5, 5.41) is 5.26. The summed E-state index contributed by atoms with van der Waals surface area (Å²) in [4.78, 5) is 25.3. The lowest BCUT2D eigenvalue weighted by atomic mass is 10.1. The minimum atomic E-state index is -0.455. The number of rotatable bonds is 6. The first-order valence-electron chi connectivity index (χ1n) is 9.38. The van der Waals surface area contributed by atoms with Crippen LogP contribution in [0, 0.1) is 0 Å². The van der Waals surface area contributed by atoms with Crippen LogP contribution in [0.4, 0.5) is 11.4 Å². The Morgan fingerprint density at radius 3 is 2.30 bits per heavy atom. The first-order chi connectivity index (χ1) is 14.6. The molecule has 1 unspecified atom stereocenters. The second-order valence-electron chi connectivity index (χ2n) is 6.67. The molecule has 3 aromatic carbocycles. The Kier molecular flexibility index (Phi) is 5.90. The van der Waals surface area contributed by atoms with Crippen LogP contribution in [0.15, 0.2) is 77.7 Å². The quantitative estimate of drug-likeness (QED) is 0.558. The molecule has 152 valence electrons. The van der Waals surface area contributed by atoms with Crippen molar-refractivity contribution in [2.24, 2.45) is 0 Å². The molecule has 0 saturated heterocycles. The molecule has 2 amide bonds. The van der Waals surface area contributed by atoms with Gasteiger partial charge in [-0.05, 0) is 42.0 Å². The number of hydrogen-bond donors (Lipinski definition) is 2. The van der Waals surface area contributed by atoms with Gasteiger partial charge in [-0.1, -0.05) is 30.3 Å². The minimum Gasteiger partial charge on any atom is -0.454 e. The van der Waals surface area contributed by atoms with Gasteiger partial charge in [-0.2, -0.15) is 0 Å². The van der Waals surface area contributed by atoms with Crippen molar-refractivity contribution in [1.29, 1.82) is 0 Å². The monoisotopic (exact) mass is 420 g/mol. The molecule has 2 N–H and O–H groups in total. The van der Waals surface area contributed by atoms with E-state index in [-0.39, 0.29) is 18.6 Å². The average molecular weight is 420 g/mol. The summed E-state index contributed by atoms with van der Waals surface area (Å²) in [5.74, 6) is 1.02. The van der Waals surface area contributed by atoms with Crippen molar-refractivity contribution in [2.45, 2.75) is 17.1 Å².